The molecule has 0 bridgehead atoms. The number of hydrogen-bond acceptors (Lipinski definition) is 3. The first-order chi connectivity index (χ1) is 11.1. The zero-order valence-electron chi connectivity index (χ0n) is 12.3. The molecule has 118 valence electrons. The van der Waals surface area contributed by atoms with Crippen molar-refractivity contribution in [2.75, 3.05) is 11.9 Å². The van der Waals surface area contributed by atoms with Gasteiger partial charge in [-0.05, 0) is 35.7 Å². The minimum Gasteiger partial charge on any atom is -0.392 e. The number of amides is 2. The van der Waals surface area contributed by atoms with E-state index >= 15 is 0 Å². The Balaban J connectivity index is 1.80. The van der Waals surface area contributed by atoms with Crippen LogP contribution in [0.3, 0.4) is 0 Å². The largest absolute Gasteiger partial charge is 0.392 e. The third kappa shape index (κ3) is 4.99. The second kappa shape index (κ2) is 8.18. The predicted molar refractivity (Wildman–Crippen MR) is 89.3 cm³/mol. The molecule has 0 spiro atoms. The van der Waals surface area contributed by atoms with E-state index in [1.807, 2.05) is 30.3 Å². The molecule has 0 aliphatic heterocycles. The molecule has 2 aromatic rings. The van der Waals surface area contributed by atoms with Crippen molar-refractivity contribution in [3.05, 3.63) is 64.2 Å². The average molecular weight is 330 g/mol. The predicted octanol–water partition coefficient (Wildman–Crippen LogP) is 3.07. The van der Waals surface area contributed by atoms with E-state index < -0.39 is 0 Å². The number of urea groups is 1. The topological polar surface area (TPSA) is 85.2 Å². The number of anilines is 1. The molecule has 2 aromatic carbocycles. The number of nitrogens with one attached hydrogen (secondary N) is 2. The summed E-state index contributed by atoms with van der Waals surface area (Å²) in [6.45, 7) is 0.502. The Morgan fingerprint density at radius 3 is 2.48 bits per heavy atom. The fourth-order valence-electron chi connectivity index (χ4n) is 1.99. The van der Waals surface area contributed by atoms with Crippen molar-refractivity contribution in [3.63, 3.8) is 0 Å². The van der Waals surface area contributed by atoms with E-state index in [0.717, 1.165) is 11.1 Å². The normalized spacial score (nSPS) is 9.96. The van der Waals surface area contributed by atoms with Gasteiger partial charge in [0.1, 0.15) is 6.07 Å². The number of benzene rings is 2. The zero-order valence-corrected chi connectivity index (χ0v) is 13.1. The summed E-state index contributed by atoms with van der Waals surface area (Å²) in [4.78, 5) is 11.8. The van der Waals surface area contributed by atoms with E-state index in [-0.39, 0.29) is 12.6 Å². The molecule has 0 saturated heterocycles. The molecule has 0 atom stereocenters. The number of carbonyl (C=O) groups is 1. The molecule has 0 aliphatic rings. The number of hydrogen-bond donors (Lipinski definition) is 3. The lowest BCUT2D eigenvalue weighted by atomic mass is 10.1. The number of nitriles is 1. The highest BCUT2D eigenvalue weighted by molar-refractivity contribution is 6.32. The van der Waals surface area contributed by atoms with Crippen molar-refractivity contribution in [2.45, 2.75) is 13.0 Å². The van der Waals surface area contributed by atoms with Crippen molar-refractivity contribution < 1.29 is 9.90 Å². The molecule has 6 heteroatoms. The van der Waals surface area contributed by atoms with Gasteiger partial charge in [0.15, 0.2) is 0 Å². The van der Waals surface area contributed by atoms with E-state index in [1.54, 1.807) is 12.1 Å². The summed E-state index contributed by atoms with van der Waals surface area (Å²) >= 11 is 5.91. The number of rotatable bonds is 5. The Labute approximate surface area is 139 Å². The monoisotopic (exact) mass is 329 g/mol. The fraction of sp³-hybridized carbons (Fsp3) is 0.176. The molecule has 5 nitrogen and oxygen atoms in total. The van der Waals surface area contributed by atoms with Crippen molar-refractivity contribution >= 4 is 23.3 Å². The Hall–Kier alpha value is -2.55. The lowest BCUT2D eigenvalue weighted by molar-refractivity contribution is 0.252. The smallest absolute Gasteiger partial charge is 0.319 e. The molecule has 0 unspecified atom stereocenters. The SMILES string of the molecule is N#Cc1ccc(NC(=O)NCCc2ccc(CO)cc2)cc1Cl. The summed E-state index contributed by atoms with van der Waals surface area (Å²) in [5.74, 6) is 0. The maximum atomic E-state index is 11.8. The van der Waals surface area contributed by atoms with Crippen LogP contribution in [0.25, 0.3) is 0 Å². The first-order valence-electron chi connectivity index (χ1n) is 7.05. The van der Waals surface area contributed by atoms with Crippen LogP contribution in [0, 0.1) is 11.3 Å². The summed E-state index contributed by atoms with van der Waals surface area (Å²) in [7, 11) is 0. The Morgan fingerprint density at radius 1 is 1.17 bits per heavy atom. The molecule has 0 aliphatic carbocycles. The summed E-state index contributed by atoms with van der Waals surface area (Å²) in [6, 6.07) is 13.9. The standard InChI is InChI=1S/C17H16ClN3O2/c18-16-9-15(6-5-14(16)10-19)21-17(23)20-8-7-12-1-3-13(11-22)4-2-12/h1-6,9,22H,7-8,11H2,(H2,20,21,23). The van der Waals surface area contributed by atoms with Gasteiger partial charge in [-0.25, -0.2) is 4.79 Å². The lowest BCUT2D eigenvalue weighted by Gasteiger charge is -2.08. The average Bonchev–Trinajstić information content (AvgIpc) is 2.55. The number of aliphatic hydroxyl groups is 1. The summed E-state index contributed by atoms with van der Waals surface area (Å²) in [6.07, 6.45) is 0.688. The van der Waals surface area contributed by atoms with Gasteiger partial charge in [-0.3, -0.25) is 0 Å². The van der Waals surface area contributed by atoms with Gasteiger partial charge in [-0.2, -0.15) is 5.26 Å². The molecular formula is C17H16ClN3O2. The molecule has 3 N–H and O–H groups in total. The van der Waals surface area contributed by atoms with Crippen LogP contribution in [0.4, 0.5) is 10.5 Å². The number of carbonyl (C=O) groups excluding carboxylic acids is 1. The van der Waals surface area contributed by atoms with Gasteiger partial charge in [-0.1, -0.05) is 35.9 Å². The summed E-state index contributed by atoms with van der Waals surface area (Å²) < 4.78 is 0. The van der Waals surface area contributed by atoms with E-state index in [4.69, 9.17) is 22.0 Å². The molecule has 0 fully saturated rings. The highest BCUT2D eigenvalue weighted by Crippen LogP contribution is 2.20. The minimum absolute atomic E-state index is 0.0219. The zero-order chi connectivity index (χ0) is 16.7. The Morgan fingerprint density at radius 2 is 1.87 bits per heavy atom. The van der Waals surface area contributed by atoms with Crippen LogP contribution >= 0.6 is 11.6 Å². The van der Waals surface area contributed by atoms with Crippen molar-refractivity contribution in [2.24, 2.45) is 0 Å². The third-order valence-corrected chi connectivity index (χ3v) is 3.56. The minimum atomic E-state index is -0.335. The lowest BCUT2D eigenvalue weighted by Crippen LogP contribution is -2.30. The van der Waals surface area contributed by atoms with Gasteiger partial charge in [0, 0.05) is 12.2 Å². The maximum Gasteiger partial charge on any atom is 0.319 e. The van der Waals surface area contributed by atoms with Gasteiger partial charge < -0.3 is 15.7 Å². The number of aliphatic hydroxyl groups excluding tert-OH is 1. The molecule has 0 radical (unpaired) electrons. The van der Waals surface area contributed by atoms with Gasteiger partial charge in [0.05, 0.1) is 17.2 Å². The van der Waals surface area contributed by atoms with Crippen molar-refractivity contribution in [3.8, 4) is 6.07 Å². The molecule has 23 heavy (non-hydrogen) atoms. The van der Waals surface area contributed by atoms with E-state index in [9.17, 15) is 4.79 Å². The molecule has 0 saturated carbocycles. The fourth-order valence-corrected chi connectivity index (χ4v) is 2.21. The van der Waals surface area contributed by atoms with Gasteiger partial charge in [0.25, 0.3) is 0 Å². The van der Waals surface area contributed by atoms with Crippen molar-refractivity contribution in [1.29, 1.82) is 5.26 Å². The van der Waals surface area contributed by atoms with Gasteiger partial charge in [0.2, 0.25) is 0 Å². The van der Waals surface area contributed by atoms with Crippen LogP contribution in [0.15, 0.2) is 42.5 Å². The molecule has 0 heterocycles. The second-order valence-corrected chi connectivity index (χ2v) is 5.32. The second-order valence-electron chi connectivity index (χ2n) is 4.91. The molecule has 0 aromatic heterocycles. The van der Waals surface area contributed by atoms with Gasteiger partial charge >= 0.3 is 6.03 Å². The van der Waals surface area contributed by atoms with Gasteiger partial charge in [-0.15, -0.1) is 0 Å². The summed E-state index contributed by atoms with van der Waals surface area (Å²) in [5.41, 5.74) is 2.82. The highest BCUT2D eigenvalue weighted by atomic mass is 35.5. The summed E-state index contributed by atoms with van der Waals surface area (Å²) in [5, 5.41) is 23.5. The third-order valence-electron chi connectivity index (χ3n) is 3.25. The number of nitrogens with zero attached hydrogens (tertiary/aromatic N) is 1. The quantitative estimate of drug-likeness (QED) is 0.788. The van der Waals surface area contributed by atoms with Crippen LogP contribution in [0.2, 0.25) is 5.02 Å². The Kier molecular flexibility index (Phi) is 5.98. The van der Waals surface area contributed by atoms with Crippen LogP contribution in [0.1, 0.15) is 16.7 Å². The van der Waals surface area contributed by atoms with E-state index in [1.165, 1.54) is 6.07 Å². The highest BCUT2D eigenvalue weighted by Gasteiger charge is 2.05. The Bertz CT molecular complexity index is 724. The van der Waals surface area contributed by atoms with Crippen LogP contribution in [-0.2, 0) is 13.0 Å². The maximum absolute atomic E-state index is 11.8. The van der Waals surface area contributed by atoms with Crippen molar-refractivity contribution in [1.82, 2.24) is 5.32 Å². The first-order valence-corrected chi connectivity index (χ1v) is 7.43. The van der Waals surface area contributed by atoms with Crippen LogP contribution < -0.4 is 10.6 Å². The van der Waals surface area contributed by atoms with Crippen LogP contribution in [-0.4, -0.2) is 17.7 Å². The number of halogens is 1. The molecule has 2 rings (SSSR count). The van der Waals surface area contributed by atoms with E-state index in [2.05, 4.69) is 10.6 Å². The molecule has 2 amide bonds. The first kappa shape index (κ1) is 16.8. The van der Waals surface area contributed by atoms with E-state index in [0.29, 0.717) is 29.2 Å². The molecular weight excluding hydrogens is 314 g/mol. The van der Waals surface area contributed by atoms with Crippen LogP contribution in [0.5, 0.6) is 0 Å².